The molecule has 226 valence electrons. The van der Waals surface area contributed by atoms with Crippen molar-refractivity contribution in [2.75, 3.05) is 34.0 Å². The predicted molar refractivity (Wildman–Crippen MR) is 167 cm³/mol. The highest BCUT2D eigenvalue weighted by molar-refractivity contribution is 7.90. The van der Waals surface area contributed by atoms with Crippen LogP contribution in [-0.2, 0) is 24.5 Å². The van der Waals surface area contributed by atoms with E-state index in [1.165, 1.54) is 0 Å². The minimum atomic E-state index is -1.35. The molecule has 43 heavy (non-hydrogen) atoms. The molecule has 2 N–H and O–H groups in total. The molecule has 2 aromatic carbocycles. The van der Waals surface area contributed by atoms with E-state index < -0.39 is 16.1 Å². The van der Waals surface area contributed by atoms with E-state index in [1.54, 1.807) is 6.07 Å². The number of benzene rings is 2. The molecule has 0 aliphatic carbocycles. The maximum Gasteiger partial charge on any atom is 0.270 e. The molecule has 0 bridgehead atoms. The number of carbonyl (C=O) groups is 1. The number of amides is 1. The summed E-state index contributed by atoms with van der Waals surface area (Å²) in [4.78, 5) is 20.4. The second-order valence-corrected chi connectivity index (χ2v) is 14.1. The van der Waals surface area contributed by atoms with Crippen molar-refractivity contribution in [3.63, 3.8) is 0 Å². The lowest BCUT2D eigenvalue weighted by atomic mass is 9.95. The molecule has 3 aromatic rings. The molecular weight excluding hydrogens is 564 g/mol. The lowest BCUT2D eigenvalue weighted by Gasteiger charge is -2.33. The van der Waals surface area contributed by atoms with Crippen molar-refractivity contribution < 1.29 is 23.9 Å². The highest BCUT2D eigenvalue weighted by Crippen LogP contribution is 2.45. The number of aromatic nitrogens is 1. The van der Waals surface area contributed by atoms with Crippen LogP contribution in [0.15, 0.2) is 48.5 Å². The fourth-order valence-electron chi connectivity index (χ4n) is 5.17. The number of hydrogen-bond acceptors (Lipinski definition) is 8. The smallest absolute Gasteiger partial charge is 0.270 e. The summed E-state index contributed by atoms with van der Waals surface area (Å²) in [5, 5.41) is 13.0. The molecule has 9 nitrogen and oxygen atoms in total. The van der Waals surface area contributed by atoms with E-state index in [0.29, 0.717) is 36.7 Å². The summed E-state index contributed by atoms with van der Waals surface area (Å²) in [6, 6.07) is 14.8. The van der Waals surface area contributed by atoms with E-state index in [2.05, 4.69) is 17.2 Å². The van der Waals surface area contributed by atoms with E-state index in [4.69, 9.17) is 14.5 Å². The fourth-order valence-corrected chi connectivity index (χ4v) is 6.58. The molecule has 0 fully saturated rings. The van der Waals surface area contributed by atoms with Crippen molar-refractivity contribution >= 4 is 17.3 Å². The number of nitrogens with zero attached hydrogens (tertiary/aromatic N) is 3. The summed E-state index contributed by atoms with van der Waals surface area (Å²) in [6.45, 7) is 7.21. The summed E-state index contributed by atoms with van der Waals surface area (Å²) in [5.41, 5.74) is 5.18. The van der Waals surface area contributed by atoms with Crippen LogP contribution in [0.3, 0.4) is 0 Å². The molecule has 10 heteroatoms. The molecule has 0 spiro atoms. The van der Waals surface area contributed by atoms with Crippen LogP contribution >= 0.6 is 0 Å². The van der Waals surface area contributed by atoms with Gasteiger partial charge in [-0.2, -0.15) is 0 Å². The van der Waals surface area contributed by atoms with E-state index in [1.807, 2.05) is 86.5 Å². The Morgan fingerprint density at radius 2 is 1.98 bits per heavy atom. The standard InChI is InChI=1S/C33H38N4O5S/c1-33(2,3)43(40)37-20-25-18-26(32(39)34-19-23-11-12-28-29(17-23)42-21-41-28)35-31(30(25)27(37)13-15-38)24-10-6-8-22(16-24)9-7-14-36(4)5/h6,8,10-12,16-18,27,38H,13-15,19-21H2,1-5H3,(H,34,39)/t27-,43?/m1/s1. The number of rotatable bonds is 8. The van der Waals surface area contributed by atoms with Gasteiger partial charge in [0, 0.05) is 41.2 Å². The van der Waals surface area contributed by atoms with Gasteiger partial charge in [-0.15, -0.1) is 4.31 Å². The van der Waals surface area contributed by atoms with Gasteiger partial charge in [0.15, 0.2) is 11.5 Å². The van der Waals surface area contributed by atoms with E-state index in [9.17, 15) is 14.5 Å². The lowest BCUT2D eigenvalue weighted by molar-refractivity contribution is 0.0945. The predicted octanol–water partition coefficient (Wildman–Crippen LogP) is 4.02. The molecule has 3 heterocycles. The van der Waals surface area contributed by atoms with Crippen LogP contribution in [0.1, 0.15) is 66.0 Å². The molecule has 0 saturated carbocycles. The zero-order valence-corrected chi connectivity index (χ0v) is 26.1. The topological polar surface area (TPSA) is 110 Å². The number of aliphatic hydroxyl groups is 1. The Kier molecular flexibility index (Phi) is 9.30. The number of pyridine rings is 1. The zero-order chi connectivity index (χ0) is 30.7. The van der Waals surface area contributed by atoms with Crippen molar-refractivity contribution in [3.8, 4) is 34.6 Å². The molecule has 5 rings (SSSR count). The molecule has 1 amide bonds. The van der Waals surface area contributed by atoms with Crippen molar-refractivity contribution in [2.24, 2.45) is 0 Å². The van der Waals surface area contributed by atoms with Crippen LogP contribution in [0, 0.1) is 11.8 Å². The molecular formula is C33H38N4O5S. The normalized spacial score (nSPS) is 16.5. The Labute approximate surface area is 256 Å². The van der Waals surface area contributed by atoms with Gasteiger partial charge < -0.3 is 24.4 Å². The molecule has 1 aromatic heterocycles. The van der Waals surface area contributed by atoms with Crippen LogP contribution in [0.4, 0.5) is 0 Å². The minimum absolute atomic E-state index is 0.0742. The number of nitrogens with one attached hydrogen (secondary N) is 1. The van der Waals surface area contributed by atoms with Crippen LogP contribution in [0.25, 0.3) is 11.3 Å². The van der Waals surface area contributed by atoms with Gasteiger partial charge in [-0.3, -0.25) is 9.69 Å². The quantitative estimate of drug-likeness (QED) is 0.294. The van der Waals surface area contributed by atoms with Crippen molar-refractivity contribution in [3.05, 3.63) is 76.5 Å². The van der Waals surface area contributed by atoms with Crippen LogP contribution in [0.5, 0.6) is 11.5 Å². The maximum absolute atomic E-state index is 13.7. The zero-order valence-electron chi connectivity index (χ0n) is 25.3. The lowest BCUT2D eigenvalue weighted by Crippen LogP contribution is -2.42. The average Bonchev–Trinajstić information content (AvgIpc) is 3.59. The van der Waals surface area contributed by atoms with Crippen LogP contribution < -0.4 is 14.8 Å². The molecule has 2 aliphatic heterocycles. The van der Waals surface area contributed by atoms with Gasteiger partial charge in [-0.25, -0.2) is 4.98 Å². The molecule has 0 saturated heterocycles. The number of ether oxygens (including phenoxy) is 2. The Balaban J connectivity index is 1.53. The van der Waals surface area contributed by atoms with Crippen molar-refractivity contribution in [1.29, 1.82) is 0 Å². The minimum Gasteiger partial charge on any atom is -0.597 e. The second-order valence-electron chi connectivity index (χ2n) is 11.9. The number of hydrogen-bond donors (Lipinski definition) is 2. The monoisotopic (exact) mass is 602 g/mol. The van der Waals surface area contributed by atoms with Crippen molar-refractivity contribution in [1.82, 2.24) is 19.5 Å². The van der Waals surface area contributed by atoms with Crippen LogP contribution in [-0.4, -0.2) is 68.5 Å². The van der Waals surface area contributed by atoms with Crippen LogP contribution in [0.2, 0.25) is 0 Å². The summed E-state index contributed by atoms with van der Waals surface area (Å²) >= 11 is -1.35. The first-order chi connectivity index (χ1) is 20.5. The van der Waals surface area contributed by atoms with Gasteiger partial charge in [-0.05, 0) is 82.7 Å². The third kappa shape index (κ3) is 6.98. The SMILES string of the molecule is CN(C)CC#Cc1cccc(-c2nc(C(=O)NCc3ccc4c(c3)OCO4)cc3c2[C@@H](CCO)N([S+]([O-])C(C)(C)C)C3)c1. The van der Waals surface area contributed by atoms with E-state index in [0.717, 1.165) is 27.8 Å². The van der Waals surface area contributed by atoms with Gasteiger partial charge in [0.25, 0.3) is 5.91 Å². The van der Waals surface area contributed by atoms with Gasteiger partial charge in [0.2, 0.25) is 6.79 Å². The second kappa shape index (κ2) is 13.0. The summed E-state index contributed by atoms with van der Waals surface area (Å²) in [6.07, 6.45) is 0.390. The Hall–Kier alpha value is -3.59. The maximum atomic E-state index is 13.7. The Morgan fingerprint density at radius 3 is 2.72 bits per heavy atom. The number of aliphatic hydroxyl groups excluding tert-OH is 1. The fraction of sp³-hybridized carbons (Fsp3) is 0.394. The first kappa shape index (κ1) is 30.9. The molecule has 2 atom stereocenters. The third-order valence-electron chi connectivity index (χ3n) is 7.18. The molecule has 1 unspecified atom stereocenters. The summed E-state index contributed by atoms with van der Waals surface area (Å²) < 4.78 is 25.9. The molecule has 2 aliphatic rings. The third-order valence-corrected chi connectivity index (χ3v) is 9.03. The Bertz CT molecular complexity index is 1560. The van der Waals surface area contributed by atoms with Gasteiger partial charge in [-0.1, -0.05) is 30.0 Å². The van der Waals surface area contributed by atoms with E-state index >= 15 is 0 Å². The van der Waals surface area contributed by atoms with E-state index in [-0.39, 0.29) is 37.6 Å². The largest absolute Gasteiger partial charge is 0.597 e. The van der Waals surface area contributed by atoms with Gasteiger partial charge in [0.05, 0.1) is 24.8 Å². The Morgan fingerprint density at radius 1 is 1.19 bits per heavy atom. The highest BCUT2D eigenvalue weighted by atomic mass is 32.2. The first-order valence-corrected chi connectivity index (χ1v) is 15.4. The van der Waals surface area contributed by atoms with Crippen molar-refractivity contribution in [2.45, 2.75) is 51.1 Å². The van der Waals surface area contributed by atoms with Gasteiger partial charge >= 0.3 is 0 Å². The first-order valence-electron chi connectivity index (χ1n) is 14.3. The number of fused-ring (bicyclic) bond motifs is 2. The highest BCUT2D eigenvalue weighted by Gasteiger charge is 2.44. The molecule has 0 radical (unpaired) electrons. The number of carbonyl (C=O) groups excluding carboxylic acids is 1. The average molecular weight is 603 g/mol. The summed E-state index contributed by atoms with van der Waals surface area (Å²) in [5.74, 6) is 7.40. The van der Waals surface area contributed by atoms with Gasteiger partial charge in [0.1, 0.15) is 10.4 Å². The summed E-state index contributed by atoms with van der Waals surface area (Å²) in [7, 11) is 3.94.